The molecule has 0 bridgehead atoms. The number of nitrogens with one attached hydrogen (secondary N) is 1. The van der Waals surface area contributed by atoms with Crippen LogP contribution in [0.4, 0.5) is 17.6 Å². The summed E-state index contributed by atoms with van der Waals surface area (Å²) in [5, 5.41) is 10.6. The third-order valence-corrected chi connectivity index (χ3v) is 3.12. The van der Waals surface area contributed by atoms with Crippen molar-refractivity contribution in [3.8, 4) is 6.07 Å². The van der Waals surface area contributed by atoms with Crippen molar-refractivity contribution >= 4 is 5.91 Å². The monoisotopic (exact) mass is 266 g/mol. The van der Waals surface area contributed by atoms with Crippen LogP contribution in [0, 0.1) is 17.2 Å². The lowest BCUT2D eigenvalue weighted by Gasteiger charge is -2.27. The van der Waals surface area contributed by atoms with E-state index in [4.69, 9.17) is 5.26 Å². The van der Waals surface area contributed by atoms with Crippen LogP contribution in [-0.4, -0.2) is 24.3 Å². The Morgan fingerprint density at radius 3 is 2.28 bits per heavy atom. The van der Waals surface area contributed by atoms with Crippen LogP contribution in [0.5, 0.6) is 0 Å². The lowest BCUT2D eigenvalue weighted by molar-refractivity contribution is -0.170. The molecule has 1 saturated carbocycles. The molecule has 0 heterocycles. The van der Waals surface area contributed by atoms with E-state index in [1.807, 2.05) is 0 Å². The molecule has 1 aliphatic rings. The van der Waals surface area contributed by atoms with Crippen LogP contribution in [0.3, 0.4) is 0 Å². The number of carbonyl (C=O) groups is 1. The first-order valence-corrected chi connectivity index (χ1v) is 5.76. The van der Waals surface area contributed by atoms with Gasteiger partial charge in [0.2, 0.25) is 0 Å². The molecular formula is C11H14F4N2O. The fourth-order valence-corrected chi connectivity index (χ4v) is 2.06. The lowest BCUT2D eigenvalue weighted by Crippen LogP contribution is -2.50. The van der Waals surface area contributed by atoms with Gasteiger partial charge in [0.05, 0.1) is 6.07 Å². The van der Waals surface area contributed by atoms with Crippen molar-refractivity contribution in [2.75, 3.05) is 0 Å². The standard InChI is InChI=1S/C11H14F4N2O/c12-9(13)11(14,15)10(18)17-8(6-16)7-4-2-1-3-5-7/h7-9H,1-5H2,(H,17,18). The molecule has 0 spiro atoms. The number of nitrogens with zero attached hydrogens (tertiary/aromatic N) is 1. The summed E-state index contributed by atoms with van der Waals surface area (Å²) in [6.45, 7) is 0. The van der Waals surface area contributed by atoms with Gasteiger partial charge in [-0.1, -0.05) is 19.3 Å². The second-order valence-corrected chi connectivity index (χ2v) is 4.40. The summed E-state index contributed by atoms with van der Waals surface area (Å²) in [5.41, 5.74) is 0. The largest absolute Gasteiger partial charge is 0.383 e. The van der Waals surface area contributed by atoms with Gasteiger partial charge >= 0.3 is 12.3 Å². The fraction of sp³-hybridized carbons (Fsp3) is 0.818. The number of hydrogen-bond acceptors (Lipinski definition) is 2. The Balaban J connectivity index is 2.63. The van der Waals surface area contributed by atoms with E-state index in [9.17, 15) is 22.4 Å². The summed E-state index contributed by atoms with van der Waals surface area (Å²) in [7, 11) is 0. The average Bonchev–Trinajstić information content (AvgIpc) is 2.36. The van der Waals surface area contributed by atoms with E-state index in [1.165, 1.54) is 0 Å². The minimum absolute atomic E-state index is 0.235. The van der Waals surface area contributed by atoms with Crippen LogP contribution < -0.4 is 5.32 Å². The highest BCUT2D eigenvalue weighted by atomic mass is 19.3. The van der Waals surface area contributed by atoms with Crippen LogP contribution in [0.2, 0.25) is 0 Å². The van der Waals surface area contributed by atoms with Gasteiger partial charge in [0.15, 0.2) is 0 Å². The number of alkyl halides is 4. The van der Waals surface area contributed by atoms with Crippen LogP contribution >= 0.6 is 0 Å². The van der Waals surface area contributed by atoms with Crippen molar-refractivity contribution < 1.29 is 22.4 Å². The first kappa shape index (κ1) is 14.7. The van der Waals surface area contributed by atoms with Gasteiger partial charge in [0, 0.05) is 0 Å². The molecule has 1 rings (SSSR count). The zero-order valence-corrected chi connectivity index (χ0v) is 9.63. The second-order valence-electron chi connectivity index (χ2n) is 4.40. The van der Waals surface area contributed by atoms with E-state index in [0.29, 0.717) is 12.8 Å². The van der Waals surface area contributed by atoms with Gasteiger partial charge in [-0.15, -0.1) is 0 Å². The smallest absolute Gasteiger partial charge is 0.335 e. The molecule has 1 fully saturated rings. The molecule has 0 aromatic carbocycles. The van der Waals surface area contributed by atoms with E-state index in [0.717, 1.165) is 19.3 Å². The molecule has 102 valence electrons. The zero-order valence-electron chi connectivity index (χ0n) is 9.63. The van der Waals surface area contributed by atoms with E-state index in [1.54, 1.807) is 11.4 Å². The fourth-order valence-electron chi connectivity index (χ4n) is 2.06. The maximum absolute atomic E-state index is 12.7. The summed E-state index contributed by atoms with van der Waals surface area (Å²) >= 11 is 0. The number of amides is 1. The maximum Gasteiger partial charge on any atom is 0.383 e. The van der Waals surface area contributed by atoms with Crippen molar-refractivity contribution in [3.63, 3.8) is 0 Å². The number of carbonyl (C=O) groups excluding carboxylic acids is 1. The average molecular weight is 266 g/mol. The Labute approximate surface area is 102 Å². The Morgan fingerprint density at radius 1 is 1.28 bits per heavy atom. The molecule has 1 atom stereocenters. The van der Waals surface area contributed by atoms with Gasteiger partial charge in [-0.05, 0) is 18.8 Å². The van der Waals surface area contributed by atoms with Crippen molar-refractivity contribution in [2.24, 2.45) is 5.92 Å². The minimum Gasteiger partial charge on any atom is -0.335 e. The first-order valence-electron chi connectivity index (χ1n) is 5.76. The third-order valence-electron chi connectivity index (χ3n) is 3.12. The number of nitriles is 1. The first-order chi connectivity index (χ1) is 8.39. The molecule has 0 aromatic rings. The maximum atomic E-state index is 12.7. The second kappa shape index (κ2) is 6.03. The predicted molar refractivity (Wildman–Crippen MR) is 55.1 cm³/mol. The predicted octanol–water partition coefficient (Wildman–Crippen LogP) is 2.48. The lowest BCUT2D eigenvalue weighted by atomic mass is 9.84. The van der Waals surface area contributed by atoms with Crippen molar-refractivity contribution in [3.05, 3.63) is 0 Å². The van der Waals surface area contributed by atoms with Crippen molar-refractivity contribution in [2.45, 2.75) is 50.5 Å². The van der Waals surface area contributed by atoms with Gasteiger partial charge in [-0.2, -0.15) is 14.0 Å². The molecule has 7 heteroatoms. The van der Waals surface area contributed by atoms with Gasteiger partial charge < -0.3 is 5.32 Å². The van der Waals surface area contributed by atoms with Gasteiger partial charge in [0.25, 0.3) is 5.91 Å². The van der Waals surface area contributed by atoms with Crippen molar-refractivity contribution in [1.29, 1.82) is 5.26 Å². The normalized spacial score (nSPS) is 19.3. The van der Waals surface area contributed by atoms with Gasteiger partial charge in [-0.25, -0.2) is 8.78 Å². The van der Waals surface area contributed by atoms with Crippen LogP contribution in [0.1, 0.15) is 32.1 Å². The Bertz CT molecular complexity index is 334. The summed E-state index contributed by atoms with van der Waals surface area (Å²) in [4.78, 5) is 11.0. The number of rotatable bonds is 4. The number of hydrogen-bond donors (Lipinski definition) is 1. The summed E-state index contributed by atoms with van der Waals surface area (Å²) in [6, 6.07) is 0.581. The highest BCUT2D eigenvalue weighted by molar-refractivity contribution is 5.84. The molecule has 0 saturated heterocycles. The van der Waals surface area contributed by atoms with Crippen LogP contribution in [0.15, 0.2) is 0 Å². The highest BCUT2D eigenvalue weighted by Crippen LogP contribution is 2.28. The minimum atomic E-state index is -4.75. The SMILES string of the molecule is N#CC(NC(=O)C(F)(F)C(F)F)C1CCCCC1. The number of halogens is 4. The van der Waals surface area contributed by atoms with E-state index in [2.05, 4.69) is 0 Å². The highest BCUT2D eigenvalue weighted by Gasteiger charge is 2.49. The quantitative estimate of drug-likeness (QED) is 0.795. The molecule has 1 amide bonds. The van der Waals surface area contributed by atoms with E-state index < -0.39 is 24.3 Å². The van der Waals surface area contributed by atoms with Crippen molar-refractivity contribution in [1.82, 2.24) is 5.32 Å². The van der Waals surface area contributed by atoms with E-state index in [-0.39, 0.29) is 5.92 Å². The molecule has 0 radical (unpaired) electrons. The summed E-state index contributed by atoms with van der Waals surface area (Å²) in [5.74, 6) is -7.06. The molecule has 0 aliphatic heterocycles. The van der Waals surface area contributed by atoms with Crippen LogP contribution in [-0.2, 0) is 4.79 Å². The third kappa shape index (κ3) is 3.34. The molecule has 1 aliphatic carbocycles. The molecular weight excluding hydrogens is 252 g/mol. The molecule has 1 N–H and O–H groups in total. The zero-order chi connectivity index (χ0) is 13.8. The summed E-state index contributed by atoms with van der Waals surface area (Å²) in [6.07, 6.45) is -0.0931. The summed E-state index contributed by atoms with van der Waals surface area (Å²) < 4.78 is 49.4. The Hall–Kier alpha value is -1.32. The topological polar surface area (TPSA) is 52.9 Å². The molecule has 18 heavy (non-hydrogen) atoms. The molecule has 1 unspecified atom stereocenters. The molecule has 0 aromatic heterocycles. The Kier molecular flexibility index (Phi) is 4.93. The van der Waals surface area contributed by atoms with E-state index >= 15 is 0 Å². The Morgan fingerprint density at radius 2 is 1.83 bits per heavy atom. The molecule has 3 nitrogen and oxygen atoms in total. The van der Waals surface area contributed by atoms with Gasteiger partial charge in [-0.3, -0.25) is 4.79 Å². The van der Waals surface area contributed by atoms with Crippen LogP contribution in [0.25, 0.3) is 0 Å². The van der Waals surface area contributed by atoms with Gasteiger partial charge in [0.1, 0.15) is 6.04 Å².